The third-order valence-corrected chi connectivity index (χ3v) is 5.65. The Hall–Kier alpha value is -2.54. The molecule has 2 aromatic rings. The first kappa shape index (κ1) is 22.2. The van der Waals surface area contributed by atoms with Crippen LogP contribution in [0.15, 0.2) is 46.9 Å². The van der Waals surface area contributed by atoms with E-state index >= 15 is 0 Å². The Morgan fingerprint density at radius 3 is 2.60 bits per heavy atom. The van der Waals surface area contributed by atoms with Gasteiger partial charge >= 0.3 is 0 Å². The molecule has 2 aromatic carbocycles. The van der Waals surface area contributed by atoms with Crippen molar-refractivity contribution >= 4 is 27.7 Å². The van der Waals surface area contributed by atoms with E-state index in [9.17, 15) is 9.59 Å². The number of amides is 2. The van der Waals surface area contributed by atoms with Gasteiger partial charge in [0.1, 0.15) is 0 Å². The molecule has 160 valence electrons. The Kier molecular flexibility index (Phi) is 7.74. The lowest BCUT2D eigenvalue weighted by atomic mass is 10.1. The van der Waals surface area contributed by atoms with Crippen molar-refractivity contribution in [3.63, 3.8) is 0 Å². The van der Waals surface area contributed by atoms with Gasteiger partial charge in [-0.1, -0.05) is 28.1 Å². The lowest BCUT2D eigenvalue weighted by Crippen LogP contribution is -2.38. The number of hydrogen-bond donors (Lipinski definition) is 2. The zero-order chi connectivity index (χ0) is 21.5. The molecule has 1 fully saturated rings. The molecule has 30 heavy (non-hydrogen) atoms. The summed E-state index contributed by atoms with van der Waals surface area (Å²) in [7, 11) is 1.61. The van der Waals surface area contributed by atoms with Gasteiger partial charge < -0.3 is 20.1 Å². The van der Waals surface area contributed by atoms with Crippen molar-refractivity contribution < 1.29 is 19.1 Å². The van der Waals surface area contributed by atoms with E-state index in [1.165, 1.54) is 12.8 Å². The maximum Gasteiger partial charge on any atom is 0.251 e. The van der Waals surface area contributed by atoms with Crippen molar-refractivity contribution in [2.24, 2.45) is 0 Å². The minimum Gasteiger partial charge on any atom is -0.493 e. The van der Waals surface area contributed by atoms with Crippen LogP contribution in [0.2, 0.25) is 0 Å². The van der Waals surface area contributed by atoms with Gasteiger partial charge in [0.05, 0.1) is 25.8 Å². The summed E-state index contributed by atoms with van der Waals surface area (Å²) in [5, 5.41) is 5.54. The van der Waals surface area contributed by atoms with Gasteiger partial charge in [-0.05, 0) is 68.5 Å². The quantitative estimate of drug-likeness (QED) is 0.594. The summed E-state index contributed by atoms with van der Waals surface area (Å²) in [5.74, 6) is 0.821. The van der Waals surface area contributed by atoms with E-state index < -0.39 is 0 Å². The van der Waals surface area contributed by atoms with Crippen LogP contribution >= 0.6 is 15.9 Å². The molecule has 1 atom stereocenters. The minimum atomic E-state index is -0.297. The van der Waals surface area contributed by atoms with Crippen LogP contribution < -0.4 is 20.1 Å². The molecule has 0 aromatic heterocycles. The second-order valence-electron chi connectivity index (χ2n) is 7.42. The van der Waals surface area contributed by atoms with E-state index in [4.69, 9.17) is 9.47 Å². The van der Waals surface area contributed by atoms with Gasteiger partial charge in [-0.25, -0.2) is 0 Å². The van der Waals surface area contributed by atoms with Crippen LogP contribution in [0, 0.1) is 0 Å². The van der Waals surface area contributed by atoms with Crippen LogP contribution in [0.3, 0.4) is 0 Å². The molecule has 0 heterocycles. The highest BCUT2D eigenvalue weighted by atomic mass is 79.9. The van der Waals surface area contributed by atoms with Crippen LogP contribution in [-0.2, 0) is 4.79 Å². The van der Waals surface area contributed by atoms with Crippen LogP contribution in [0.25, 0.3) is 0 Å². The standard InChI is InChI=1S/C23H27BrN2O4/c1-15(26-22(27)14-25-23(28)17-6-5-7-18(24)12-17)16-10-11-20(21(13-16)29-2)30-19-8-3-4-9-19/h5-7,10-13,15,19H,3-4,8-9,14H2,1-2H3,(H,25,28)(H,26,27). The maximum absolute atomic E-state index is 12.3. The number of methoxy groups -OCH3 is 1. The van der Waals surface area contributed by atoms with E-state index in [-0.39, 0.29) is 30.5 Å². The van der Waals surface area contributed by atoms with Crippen molar-refractivity contribution in [3.05, 3.63) is 58.1 Å². The fourth-order valence-electron chi connectivity index (χ4n) is 3.50. The highest BCUT2D eigenvalue weighted by Gasteiger charge is 2.19. The van der Waals surface area contributed by atoms with Gasteiger partial charge in [-0.2, -0.15) is 0 Å². The Morgan fingerprint density at radius 2 is 1.90 bits per heavy atom. The van der Waals surface area contributed by atoms with E-state index in [0.717, 1.165) is 28.6 Å². The molecule has 0 radical (unpaired) electrons. The molecule has 3 rings (SSSR count). The summed E-state index contributed by atoms with van der Waals surface area (Å²) in [6.07, 6.45) is 4.79. The summed E-state index contributed by atoms with van der Waals surface area (Å²) in [5.41, 5.74) is 1.39. The second-order valence-corrected chi connectivity index (χ2v) is 8.33. The van der Waals surface area contributed by atoms with E-state index in [2.05, 4.69) is 26.6 Å². The van der Waals surface area contributed by atoms with Gasteiger partial charge in [0.25, 0.3) is 5.91 Å². The SMILES string of the molecule is COc1cc(C(C)NC(=O)CNC(=O)c2cccc(Br)c2)ccc1OC1CCCC1. The van der Waals surface area contributed by atoms with Gasteiger partial charge in [0.15, 0.2) is 11.5 Å². The van der Waals surface area contributed by atoms with Crippen molar-refractivity contribution in [2.75, 3.05) is 13.7 Å². The number of halogens is 1. The molecule has 7 heteroatoms. The number of benzene rings is 2. The predicted molar refractivity (Wildman–Crippen MR) is 119 cm³/mol. The fraction of sp³-hybridized carbons (Fsp3) is 0.391. The molecular weight excluding hydrogens is 448 g/mol. The monoisotopic (exact) mass is 474 g/mol. The van der Waals surface area contributed by atoms with E-state index in [0.29, 0.717) is 11.3 Å². The van der Waals surface area contributed by atoms with Crippen LogP contribution in [0.5, 0.6) is 11.5 Å². The molecule has 2 N–H and O–H groups in total. The molecule has 1 unspecified atom stereocenters. The normalized spacial score (nSPS) is 14.8. The lowest BCUT2D eigenvalue weighted by molar-refractivity contribution is -0.120. The third kappa shape index (κ3) is 5.98. The smallest absolute Gasteiger partial charge is 0.251 e. The summed E-state index contributed by atoms with van der Waals surface area (Å²) in [6, 6.07) is 12.5. The first-order chi connectivity index (χ1) is 14.5. The van der Waals surface area contributed by atoms with Gasteiger partial charge in [-0.3, -0.25) is 9.59 Å². The van der Waals surface area contributed by atoms with Crippen molar-refractivity contribution in [1.82, 2.24) is 10.6 Å². The van der Waals surface area contributed by atoms with E-state index in [1.54, 1.807) is 25.3 Å². The third-order valence-electron chi connectivity index (χ3n) is 5.16. The average Bonchev–Trinajstić information content (AvgIpc) is 3.25. The van der Waals surface area contributed by atoms with Crippen molar-refractivity contribution in [3.8, 4) is 11.5 Å². The molecule has 1 saturated carbocycles. The molecule has 1 aliphatic rings. The molecule has 1 aliphatic carbocycles. The molecular formula is C23H27BrN2O4. The largest absolute Gasteiger partial charge is 0.493 e. The van der Waals surface area contributed by atoms with E-state index in [1.807, 2.05) is 31.2 Å². The van der Waals surface area contributed by atoms with Crippen molar-refractivity contribution in [1.29, 1.82) is 0 Å². The zero-order valence-corrected chi connectivity index (χ0v) is 18.8. The summed E-state index contributed by atoms with van der Waals surface area (Å²) in [6.45, 7) is 1.79. The highest BCUT2D eigenvalue weighted by Crippen LogP contribution is 2.33. The zero-order valence-electron chi connectivity index (χ0n) is 17.2. The summed E-state index contributed by atoms with van der Waals surface area (Å²) in [4.78, 5) is 24.5. The summed E-state index contributed by atoms with van der Waals surface area (Å²) < 4.78 is 12.4. The first-order valence-electron chi connectivity index (χ1n) is 10.1. The van der Waals surface area contributed by atoms with Crippen LogP contribution in [0.1, 0.15) is 54.6 Å². The molecule has 0 saturated heterocycles. The minimum absolute atomic E-state index is 0.101. The molecule has 0 aliphatic heterocycles. The molecule has 2 amide bonds. The average molecular weight is 475 g/mol. The second kappa shape index (κ2) is 10.5. The lowest BCUT2D eigenvalue weighted by Gasteiger charge is -2.19. The number of carbonyl (C=O) groups is 2. The number of carbonyl (C=O) groups excluding carboxylic acids is 2. The number of rotatable bonds is 8. The molecule has 0 bridgehead atoms. The Bertz CT molecular complexity index is 897. The number of hydrogen-bond acceptors (Lipinski definition) is 4. The highest BCUT2D eigenvalue weighted by molar-refractivity contribution is 9.10. The number of ether oxygens (including phenoxy) is 2. The van der Waals surface area contributed by atoms with Crippen LogP contribution in [-0.4, -0.2) is 31.6 Å². The summed E-state index contributed by atoms with van der Waals surface area (Å²) >= 11 is 3.33. The fourth-order valence-corrected chi connectivity index (χ4v) is 3.90. The van der Waals surface area contributed by atoms with Gasteiger partial charge in [0.2, 0.25) is 5.91 Å². The Labute approximate surface area is 185 Å². The number of nitrogens with one attached hydrogen (secondary N) is 2. The first-order valence-corrected chi connectivity index (χ1v) is 10.9. The Balaban J connectivity index is 1.54. The predicted octanol–water partition coefficient (Wildman–Crippen LogP) is 4.39. The molecule has 6 nitrogen and oxygen atoms in total. The molecule has 0 spiro atoms. The Morgan fingerprint density at radius 1 is 1.13 bits per heavy atom. The van der Waals surface area contributed by atoms with Gasteiger partial charge in [0, 0.05) is 10.0 Å². The van der Waals surface area contributed by atoms with Crippen molar-refractivity contribution in [2.45, 2.75) is 44.8 Å². The maximum atomic E-state index is 12.3. The van der Waals surface area contributed by atoms with Crippen LogP contribution in [0.4, 0.5) is 0 Å². The van der Waals surface area contributed by atoms with Gasteiger partial charge in [-0.15, -0.1) is 0 Å². The topological polar surface area (TPSA) is 76.7 Å².